The number of halogens is 2. The summed E-state index contributed by atoms with van der Waals surface area (Å²) in [5.74, 6) is -1.57. The molecular weight excluding hydrogens is 446 g/mol. The number of para-hydroxylation sites is 1. The Hall–Kier alpha value is -3.08. The number of amides is 1. The topological polar surface area (TPSA) is 95.1 Å². The van der Waals surface area contributed by atoms with Gasteiger partial charge in [0.1, 0.15) is 18.2 Å². The number of aromatic nitrogens is 1. The van der Waals surface area contributed by atoms with Gasteiger partial charge in [0.2, 0.25) is 0 Å². The highest BCUT2D eigenvalue weighted by Gasteiger charge is 2.14. The minimum absolute atomic E-state index is 0.114. The second kappa shape index (κ2) is 8.30. The molecule has 8 heteroatoms. The Bertz CT molecular complexity index is 1160. The van der Waals surface area contributed by atoms with E-state index in [9.17, 15) is 14.9 Å². The van der Waals surface area contributed by atoms with Crippen molar-refractivity contribution in [1.29, 1.82) is 5.26 Å². The number of nitrogens with zero attached hydrogens (tertiary/aromatic N) is 2. The third-order valence-corrected chi connectivity index (χ3v) is 5.20. The Kier molecular flexibility index (Phi) is 5.83. The van der Waals surface area contributed by atoms with Crippen molar-refractivity contribution in [3.63, 3.8) is 0 Å². The van der Waals surface area contributed by atoms with E-state index in [1.807, 2.05) is 6.07 Å². The highest BCUT2D eigenvalue weighted by atomic mass is 79.9. The summed E-state index contributed by atoms with van der Waals surface area (Å²) in [5, 5.41) is 22.3. The zero-order chi connectivity index (χ0) is 20.3. The van der Waals surface area contributed by atoms with Crippen molar-refractivity contribution in [2.24, 2.45) is 0 Å². The largest absolute Gasteiger partial charge is 0.480 e. The SMILES string of the molecule is N#C/C(=C\c1cn(CC(=O)O)c2ccccc12)C(=O)Nc1ccc(Br)c(Cl)c1. The third-order valence-electron chi connectivity index (χ3n) is 3.97. The Balaban J connectivity index is 1.96. The van der Waals surface area contributed by atoms with Crippen molar-refractivity contribution in [3.05, 3.63) is 69.3 Å². The molecule has 0 atom stereocenters. The number of carbonyl (C=O) groups excluding carboxylic acids is 1. The van der Waals surface area contributed by atoms with E-state index in [1.54, 1.807) is 53.2 Å². The third kappa shape index (κ3) is 4.25. The summed E-state index contributed by atoms with van der Waals surface area (Å²) in [5.41, 5.74) is 1.62. The molecule has 1 heterocycles. The zero-order valence-corrected chi connectivity index (χ0v) is 16.7. The zero-order valence-electron chi connectivity index (χ0n) is 14.3. The van der Waals surface area contributed by atoms with Crippen LogP contribution in [0.3, 0.4) is 0 Å². The summed E-state index contributed by atoms with van der Waals surface area (Å²) in [4.78, 5) is 23.6. The van der Waals surface area contributed by atoms with Crippen LogP contribution in [0.4, 0.5) is 5.69 Å². The molecule has 0 saturated heterocycles. The van der Waals surface area contributed by atoms with E-state index >= 15 is 0 Å². The second-order valence-corrected chi connectivity index (χ2v) is 7.14. The van der Waals surface area contributed by atoms with Gasteiger partial charge in [-0.25, -0.2) is 0 Å². The van der Waals surface area contributed by atoms with Crippen LogP contribution in [0.2, 0.25) is 5.02 Å². The summed E-state index contributed by atoms with van der Waals surface area (Å²) >= 11 is 9.29. The number of nitriles is 1. The monoisotopic (exact) mass is 457 g/mol. The Morgan fingerprint density at radius 2 is 2.04 bits per heavy atom. The number of benzene rings is 2. The van der Waals surface area contributed by atoms with Gasteiger partial charge in [0.05, 0.1) is 5.02 Å². The van der Waals surface area contributed by atoms with Gasteiger partial charge >= 0.3 is 5.97 Å². The lowest BCUT2D eigenvalue weighted by molar-refractivity contribution is -0.137. The molecule has 3 aromatic rings. The summed E-state index contributed by atoms with van der Waals surface area (Å²) in [6.45, 7) is -0.222. The predicted octanol–water partition coefficient (Wildman–Crippen LogP) is 4.69. The molecule has 140 valence electrons. The van der Waals surface area contributed by atoms with Gasteiger partial charge in [-0.1, -0.05) is 29.8 Å². The lowest BCUT2D eigenvalue weighted by Crippen LogP contribution is -2.13. The molecule has 28 heavy (non-hydrogen) atoms. The number of nitrogens with one attached hydrogen (secondary N) is 1. The van der Waals surface area contributed by atoms with Gasteiger partial charge in [0, 0.05) is 32.8 Å². The number of aliphatic carboxylic acids is 1. The summed E-state index contributed by atoms with van der Waals surface area (Å²) in [6.07, 6.45) is 3.05. The standard InChI is InChI=1S/C20H13BrClN3O3/c21-16-6-5-14(8-17(16)22)24-20(28)12(9-23)7-13-10-25(11-19(26)27)18-4-2-1-3-15(13)18/h1-8,10H,11H2,(H,24,28)(H,26,27)/b12-7+. The first-order valence-electron chi connectivity index (χ1n) is 8.07. The molecule has 0 aliphatic heterocycles. The molecule has 2 aromatic carbocycles. The molecule has 0 saturated carbocycles. The second-order valence-electron chi connectivity index (χ2n) is 5.88. The number of carboxylic acids is 1. The quantitative estimate of drug-likeness (QED) is 0.428. The fourth-order valence-electron chi connectivity index (χ4n) is 2.74. The average Bonchev–Trinajstić information content (AvgIpc) is 2.99. The summed E-state index contributed by atoms with van der Waals surface area (Å²) in [7, 11) is 0. The van der Waals surface area contributed by atoms with Gasteiger partial charge in [-0.15, -0.1) is 0 Å². The van der Waals surface area contributed by atoms with Crippen LogP contribution in [0.15, 0.2) is 58.7 Å². The smallest absolute Gasteiger partial charge is 0.323 e. The molecule has 1 aromatic heterocycles. The highest BCUT2D eigenvalue weighted by Crippen LogP contribution is 2.27. The van der Waals surface area contributed by atoms with Gasteiger partial charge in [-0.3, -0.25) is 9.59 Å². The van der Waals surface area contributed by atoms with E-state index in [2.05, 4.69) is 21.2 Å². The van der Waals surface area contributed by atoms with E-state index in [-0.39, 0.29) is 12.1 Å². The average molecular weight is 459 g/mol. The van der Waals surface area contributed by atoms with Crippen molar-refractivity contribution >= 4 is 62.1 Å². The van der Waals surface area contributed by atoms with Crippen molar-refractivity contribution < 1.29 is 14.7 Å². The van der Waals surface area contributed by atoms with E-state index in [1.165, 1.54) is 6.08 Å². The summed E-state index contributed by atoms with van der Waals surface area (Å²) < 4.78 is 2.25. The Morgan fingerprint density at radius 1 is 1.29 bits per heavy atom. The van der Waals surface area contributed by atoms with Gasteiger partial charge in [0.15, 0.2) is 0 Å². The van der Waals surface area contributed by atoms with E-state index < -0.39 is 11.9 Å². The van der Waals surface area contributed by atoms with Crippen molar-refractivity contribution in [2.45, 2.75) is 6.54 Å². The first kappa shape index (κ1) is 19.7. The minimum Gasteiger partial charge on any atom is -0.480 e. The normalized spacial score (nSPS) is 11.2. The minimum atomic E-state index is -0.985. The van der Waals surface area contributed by atoms with Crippen molar-refractivity contribution in [1.82, 2.24) is 4.57 Å². The number of rotatable bonds is 5. The number of fused-ring (bicyclic) bond motifs is 1. The maximum Gasteiger partial charge on any atom is 0.323 e. The molecule has 0 radical (unpaired) electrons. The Labute approximate surface area is 173 Å². The molecular formula is C20H13BrClN3O3. The summed E-state index contributed by atoms with van der Waals surface area (Å²) in [6, 6.07) is 14.0. The molecule has 0 bridgehead atoms. The van der Waals surface area contributed by atoms with Gasteiger partial charge in [0.25, 0.3) is 5.91 Å². The van der Waals surface area contributed by atoms with Crippen LogP contribution in [0, 0.1) is 11.3 Å². The van der Waals surface area contributed by atoms with Crippen LogP contribution in [0.1, 0.15) is 5.56 Å². The van der Waals surface area contributed by atoms with Crippen LogP contribution in [0.25, 0.3) is 17.0 Å². The number of hydrogen-bond acceptors (Lipinski definition) is 3. The van der Waals surface area contributed by atoms with E-state index in [0.717, 1.165) is 5.39 Å². The first-order valence-corrected chi connectivity index (χ1v) is 9.24. The molecule has 0 fully saturated rings. The Morgan fingerprint density at radius 3 is 2.71 bits per heavy atom. The van der Waals surface area contributed by atoms with Crippen molar-refractivity contribution in [2.75, 3.05) is 5.32 Å². The van der Waals surface area contributed by atoms with Crippen LogP contribution < -0.4 is 5.32 Å². The lowest BCUT2D eigenvalue weighted by Gasteiger charge is -2.05. The van der Waals surface area contributed by atoms with Crippen LogP contribution in [0.5, 0.6) is 0 Å². The van der Waals surface area contributed by atoms with Crippen LogP contribution >= 0.6 is 27.5 Å². The first-order chi connectivity index (χ1) is 13.4. The van der Waals surface area contributed by atoms with E-state index in [0.29, 0.717) is 26.3 Å². The van der Waals surface area contributed by atoms with Crippen molar-refractivity contribution in [3.8, 4) is 6.07 Å². The number of carboxylic acid groups (broad SMARTS) is 1. The highest BCUT2D eigenvalue weighted by molar-refractivity contribution is 9.10. The molecule has 6 nitrogen and oxygen atoms in total. The number of hydrogen-bond donors (Lipinski definition) is 2. The molecule has 3 rings (SSSR count). The molecule has 0 unspecified atom stereocenters. The fourth-order valence-corrected chi connectivity index (χ4v) is 3.17. The maximum atomic E-state index is 12.5. The fraction of sp³-hybridized carbons (Fsp3) is 0.0500. The molecule has 0 aliphatic rings. The predicted molar refractivity (Wildman–Crippen MR) is 111 cm³/mol. The van der Waals surface area contributed by atoms with Gasteiger partial charge < -0.3 is 15.0 Å². The number of anilines is 1. The number of carbonyl (C=O) groups is 2. The van der Waals surface area contributed by atoms with Crippen LogP contribution in [-0.2, 0) is 16.1 Å². The molecule has 1 amide bonds. The molecule has 0 aliphatic carbocycles. The van der Waals surface area contributed by atoms with Crippen LogP contribution in [-0.4, -0.2) is 21.6 Å². The lowest BCUT2D eigenvalue weighted by atomic mass is 10.1. The van der Waals surface area contributed by atoms with Gasteiger partial charge in [-0.05, 0) is 46.3 Å². The molecule has 0 spiro atoms. The van der Waals surface area contributed by atoms with Gasteiger partial charge in [-0.2, -0.15) is 5.26 Å². The maximum absolute atomic E-state index is 12.5. The molecule has 2 N–H and O–H groups in total. The van der Waals surface area contributed by atoms with E-state index in [4.69, 9.17) is 16.7 Å².